The number of halogens is 1. The minimum atomic E-state index is -0.770. The van der Waals surface area contributed by atoms with Crippen LogP contribution in [0.15, 0.2) is 12.1 Å². The van der Waals surface area contributed by atoms with Gasteiger partial charge in [0.1, 0.15) is 0 Å². The smallest absolute Gasteiger partial charge is 0.314 e. The molecule has 1 aromatic carbocycles. The van der Waals surface area contributed by atoms with Crippen molar-refractivity contribution >= 4 is 5.69 Å². The second-order valence-electron chi connectivity index (χ2n) is 4.48. The molecule has 0 radical (unpaired) electrons. The van der Waals surface area contributed by atoms with E-state index >= 15 is 0 Å². The Balaban J connectivity index is 2.14. The maximum Gasteiger partial charge on any atom is 0.314 e. The number of hydrogen-bond donors (Lipinski definition) is 1. The maximum absolute atomic E-state index is 13.7. The lowest BCUT2D eigenvalue weighted by Crippen LogP contribution is -2.45. The molecule has 1 aromatic rings. The lowest BCUT2D eigenvalue weighted by Gasteiger charge is -2.33. The molecule has 6 nitrogen and oxygen atoms in total. The van der Waals surface area contributed by atoms with Crippen molar-refractivity contribution in [2.45, 2.75) is 31.6 Å². The third-order valence-electron chi connectivity index (χ3n) is 3.21. The van der Waals surface area contributed by atoms with E-state index in [1.165, 1.54) is 19.2 Å². The van der Waals surface area contributed by atoms with Crippen LogP contribution in [0.2, 0.25) is 0 Å². The summed E-state index contributed by atoms with van der Waals surface area (Å²) in [7, 11) is 1.19. The highest BCUT2D eigenvalue weighted by Crippen LogP contribution is 2.32. The second-order valence-corrected chi connectivity index (χ2v) is 4.48. The monoisotopic (exact) mass is 270 g/mol. The van der Waals surface area contributed by atoms with Crippen LogP contribution in [0.4, 0.5) is 10.1 Å². The molecular weight excluding hydrogens is 255 g/mol. The molecule has 2 atom stereocenters. The Kier molecular flexibility index (Phi) is 3.96. The second kappa shape index (κ2) is 5.50. The molecular formula is C12H15FN2O4. The van der Waals surface area contributed by atoms with E-state index in [0.29, 0.717) is 5.56 Å². The minimum absolute atomic E-state index is 0.00178. The predicted octanol–water partition coefficient (Wildman–Crippen LogP) is 1.75. The van der Waals surface area contributed by atoms with Gasteiger partial charge in [0.25, 0.3) is 0 Å². The van der Waals surface area contributed by atoms with Crippen LogP contribution in [-0.2, 0) is 11.3 Å². The highest BCUT2D eigenvalue weighted by Gasteiger charge is 2.28. The van der Waals surface area contributed by atoms with Gasteiger partial charge in [-0.2, -0.15) is 0 Å². The Labute approximate surface area is 109 Å². The van der Waals surface area contributed by atoms with Crippen molar-refractivity contribution < 1.29 is 18.8 Å². The van der Waals surface area contributed by atoms with Crippen LogP contribution < -0.4 is 10.5 Å². The molecule has 2 rings (SSSR count). The van der Waals surface area contributed by atoms with Crippen LogP contribution >= 0.6 is 0 Å². The van der Waals surface area contributed by atoms with Crippen molar-refractivity contribution in [1.29, 1.82) is 0 Å². The summed E-state index contributed by atoms with van der Waals surface area (Å²) in [5, 5.41) is 10.8. The number of nitro benzene ring substituents is 1. The largest absolute Gasteiger partial charge is 0.488 e. The Morgan fingerprint density at radius 2 is 2.26 bits per heavy atom. The predicted molar refractivity (Wildman–Crippen MR) is 65.4 cm³/mol. The zero-order chi connectivity index (χ0) is 14.0. The van der Waals surface area contributed by atoms with Crippen LogP contribution in [-0.4, -0.2) is 24.2 Å². The van der Waals surface area contributed by atoms with Gasteiger partial charge >= 0.3 is 5.69 Å². The number of nitrogens with zero attached hydrogens (tertiary/aromatic N) is 1. The summed E-state index contributed by atoms with van der Waals surface area (Å²) in [6.45, 7) is 0.0973. The molecule has 0 aliphatic heterocycles. The first-order chi connectivity index (χ1) is 9.02. The fourth-order valence-corrected chi connectivity index (χ4v) is 1.96. The molecule has 2 N–H and O–H groups in total. The lowest BCUT2D eigenvalue weighted by molar-refractivity contribution is -0.386. The summed E-state index contributed by atoms with van der Waals surface area (Å²) in [6, 6.07) is 2.43. The number of benzene rings is 1. The minimum Gasteiger partial charge on any atom is -0.488 e. The molecule has 0 unspecified atom stereocenters. The van der Waals surface area contributed by atoms with E-state index in [9.17, 15) is 14.5 Å². The van der Waals surface area contributed by atoms with E-state index in [-0.39, 0.29) is 24.5 Å². The average Bonchev–Trinajstić information content (AvgIpc) is 2.36. The zero-order valence-corrected chi connectivity index (χ0v) is 10.5. The van der Waals surface area contributed by atoms with Crippen molar-refractivity contribution in [3.63, 3.8) is 0 Å². The van der Waals surface area contributed by atoms with E-state index in [0.717, 1.165) is 12.8 Å². The fourth-order valence-electron chi connectivity index (χ4n) is 1.96. The number of nitro groups is 1. The number of hydrogen-bond acceptors (Lipinski definition) is 5. The summed E-state index contributed by atoms with van der Waals surface area (Å²) in [4.78, 5) is 10.2. The highest BCUT2D eigenvalue weighted by molar-refractivity contribution is 5.49. The third kappa shape index (κ3) is 2.82. The van der Waals surface area contributed by atoms with Gasteiger partial charge in [-0.1, -0.05) is 0 Å². The first-order valence-electron chi connectivity index (χ1n) is 5.91. The lowest BCUT2D eigenvalue weighted by atomic mass is 9.90. The third-order valence-corrected chi connectivity index (χ3v) is 3.21. The van der Waals surface area contributed by atoms with Gasteiger partial charge in [-0.15, -0.1) is 0 Å². The summed E-state index contributed by atoms with van der Waals surface area (Å²) in [5.41, 5.74) is 5.70. The summed E-state index contributed by atoms with van der Waals surface area (Å²) in [6.07, 6.45) is 1.72. The first-order valence-corrected chi connectivity index (χ1v) is 5.91. The average molecular weight is 270 g/mol. The topological polar surface area (TPSA) is 87.6 Å². The molecule has 0 saturated heterocycles. The molecule has 1 saturated carbocycles. The van der Waals surface area contributed by atoms with Gasteiger partial charge < -0.3 is 15.2 Å². The van der Waals surface area contributed by atoms with Crippen LogP contribution in [0.25, 0.3) is 0 Å². The summed E-state index contributed by atoms with van der Waals surface area (Å²) < 4.78 is 23.8. The Morgan fingerprint density at radius 3 is 2.74 bits per heavy atom. The number of nitrogens with two attached hydrogens (primary N) is 1. The Hall–Kier alpha value is -1.73. The van der Waals surface area contributed by atoms with E-state index in [2.05, 4.69) is 4.74 Å². The molecule has 0 amide bonds. The van der Waals surface area contributed by atoms with E-state index in [1.807, 2.05) is 0 Å². The van der Waals surface area contributed by atoms with Crippen molar-refractivity contribution in [2.75, 3.05) is 7.11 Å². The summed E-state index contributed by atoms with van der Waals surface area (Å²) >= 11 is 0. The van der Waals surface area contributed by atoms with Gasteiger partial charge in [0.15, 0.2) is 5.82 Å². The molecule has 0 aromatic heterocycles. The van der Waals surface area contributed by atoms with Gasteiger partial charge in [0.05, 0.1) is 24.7 Å². The molecule has 1 aliphatic rings. The molecule has 104 valence electrons. The van der Waals surface area contributed by atoms with Crippen molar-refractivity contribution in [1.82, 2.24) is 0 Å². The standard InChI is InChI=1S/C12H15FN2O4/c1-18-12-8(13)4-7(5-10(12)15(16)17)6-19-11-3-2-9(11)14/h4-5,9,11H,2-3,6,14H2,1H3/t9-,11-/m1/s1. The number of ether oxygens (including phenoxy) is 2. The van der Waals surface area contributed by atoms with Crippen molar-refractivity contribution in [3.8, 4) is 5.75 Å². The van der Waals surface area contributed by atoms with Crippen LogP contribution in [0.3, 0.4) is 0 Å². The normalized spacial score (nSPS) is 21.8. The first kappa shape index (κ1) is 13.7. The number of rotatable bonds is 5. The fraction of sp³-hybridized carbons (Fsp3) is 0.500. The van der Waals surface area contributed by atoms with E-state index in [1.54, 1.807) is 0 Å². The van der Waals surface area contributed by atoms with Gasteiger partial charge in [0, 0.05) is 12.1 Å². The van der Waals surface area contributed by atoms with E-state index < -0.39 is 16.4 Å². The molecule has 0 spiro atoms. The molecule has 1 fully saturated rings. The Morgan fingerprint density at radius 1 is 1.53 bits per heavy atom. The molecule has 0 heterocycles. The van der Waals surface area contributed by atoms with Gasteiger partial charge in [-0.3, -0.25) is 10.1 Å². The summed E-state index contributed by atoms with van der Waals surface area (Å²) in [5.74, 6) is -1.14. The van der Waals surface area contributed by atoms with Crippen LogP contribution in [0.5, 0.6) is 5.75 Å². The maximum atomic E-state index is 13.7. The molecule has 1 aliphatic carbocycles. The van der Waals surface area contributed by atoms with Gasteiger partial charge in [0.2, 0.25) is 5.75 Å². The molecule has 19 heavy (non-hydrogen) atoms. The van der Waals surface area contributed by atoms with Crippen LogP contribution in [0.1, 0.15) is 18.4 Å². The van der Waals surface area contributed by atoms with E-state index in [4.69, 9.17) is 10.5 Å². The SMILES string of the molecule is COc1c(F)cc(CO[C@@H]2CC[C@H]2N)cc1[N+](=O)[O-]. The number of methoxy groups -OCH3 is 1. The Bertz CT molecular complexity index is 495. The molecule has 0 bridgehead atoms. The van der Waals surface area contributed by atoms with Crippen molar-refractivity contribution in [3.05, 3.63) is 33.6 Å². The van der Waals surface area contributed by atoms with Gasteiger partial charge in [-0.25, -0.2) is 4.39 Å². The molecule has 7 heteroatoms. The van der Waals surface area contributed by atoms with Crippen molar-refractivity contribution in [2.24, 2.45) is 5.73 Å². The quantitative estimate of drug-likeness (QED) is 0.650. The highest BCUT2D eigenvalue weighted by atomic mass is 19.1. The zero-order valence-electron chi connectivity index (χ0n) is 10.5. The van der Waals surface area contributed by atoms with Gasteiger partial charge in [-0.05, 0) is 24.5 Å². The van der Waals surface area contributed by atoms with Crippen LogP contribution in [0, 0.1) is 15.9 Å².